The highest BCUT2D eigenvalue weighted by atomic mass is 16.4. The predicted molar refractivity (Wildman–Crippen MR) is 47.4 cm³/mol. The van der Waals surface area contributed by atoms with Gasteiger partial charge in [-0.1, -0.05) is 0 Å². The highest BCUT2D eigenvalue weighted by Crippen LogP contribution is 2.16. The molecular weight excluding hydrogens is 186 g/mol. The summed E-state index contributed by atoms with van der Waals surface area (Å²) in [7, 11) is 0. The number of nitrogens with zero attached hydrogens (tertiary/aromatic N) is 1. The van der Waals surface area contributed by atoms with Crippen molar-refractivity contribution in [2.75, 3.05) is 0 Å². The van der Waals surface area contributed by atoms with Crippen LogP contribution in [0.1, 0.15) is 32.6 Å². The third kappa shape index (κ3) is 2.31. The average molecular weight is 199 g/mol. The van der Waals surface area contributed by atoms with Crippen LogP contribution in [0.3, 0.4) is 0 Å². The van der Waals surface area contributed by atoms with E-state index in [2.05, 4.69) is 0 Å². The molecule has 0 saturated carbocycles. The van der Waals surface area contributed by atoms with Crippen LogP contribution in [0.5, 0.6) is 0 Å². The van der Waals surface area contributed by atoms with Gasteiger partial charge in [0.2, 0.25) is 11.8 Å². The molecule has 1 saturated heterocycles. The molecule has 0 aliphatic carbocycles. The molecule has 0 bridgehead atoms. The van der Waals surface area contributed by atoms with Crippen molar-refractivity contribution in [2.45, 2.75) is 38.6 Å². The largest absolute Gasteiger partial charge is 0.481 e. The topological polar surface area (TPSA) is 74.7 Å². The van der Waals surface area contributed by atoms with E-state index in [1.807, 2.05) is 0 Å². The lowest BCUT2D eigenvalue weighted by atomic mass is 10.1. The third-order valence-corrected chi connectivity index (χ3v) is 2.23. The van der Waals surface area contributed by atoms with Crippen molar-refractivity contribution in [1.29, 1.82) is 0 Å². The minimum Gasteiger partial charge on any atom is -0.481 e. The second kappa shape index (κ2) is 4.21. The number of carboxylic acids is 1. The highest BCUT2D eigenvalue weighted by molar-refractivity contribution is 5.98. The van der Waals surface area contributed by atoms with Crippen molar-refractivity contribution in [1.82, 2.24) is 4.90 Å². The Morgan fingerprint density at radius 2 is 1.93 bits per heavy atom. The second-order valence-corrected chi connectivity index (χ2v) is 3.46. The van der Waals surface area contributed by atoms with Crippen LogP contribution in [0.2, 0.25) is 0 Å². The number of amides is 2. The van der Waals surface area contributed by atoms with Crippen molar-refractivity contribution in [3.8, 4) is 0 Å². The Morgan fingerprint density at radius 1 is 1.43 bits per heavy atom. The quantitative estimate of drug-likeness (QED) is 0.667. The first-order chi connectivity index (χ1) is 6.52. The summed E-state index contributed by atoms with van der Waals surface area (Å²) < 4.78 is 0. The van der Waals surface area contributed by atoms with Crippen LogP contribution in [-0.2, 0) is 14.4 Å². The molecule has 0 aromatic carbocycles. The summed E-state index contributed by atoms with van der Waals surface area (Å²) in [6.45, 7) is 1.58. The van der Waals surface area contributed by atoms with Gasteiger partial charge in [-0.3, -0.25) is 19.3 Å². The molecule has 14 heavy (non-hydrogen) atoms. The number of rotatable bonds is 3. The fourth-order valence-corrected chi connectivity index (χ4v) is 1.61. The predicted octanol–water partition coefficient (Wildman–Crippen LogP) is 0.389. The summed E-state index contributed by atoms with van der Waals surface area (Å²) in [5, 5.41) is 8.54. The first-order valence-electron chi connectivity index (χ1n) is 4.59. The number of hydrogen-bond acceptors (Lipinski definition) is 3. The second-order valence-electron chi connectivity index (χ2n) is 3.46. The zero-order valence-electron chi connectivity index (χ0n) is 8.02. The zero-order valence-corrected chi connectivity index (χ0v) is 8.02. The lowest BCUT2D eigenvalue weighted by Crippen LogP contribution is -2.46. The Balaban J connectivity index is 2.67. The van der Waals surface area contributed by atoms with E-state index >= 15 is 0 Å². The molecule has 1 heterocycles. The molecule has 0 aromatic heterocycles. The molecule has 0 aromatic rings. The van der Waals surface area contributed by atoms with E-state index in [9.17, 15) is 14.4 Å². The standard InChI is InChI=1S/C9H13NO4/c1-6(5-9(13)14)10-7(11)3-2-4-8(10)12/h6H,2-5H2,1H3,(H,13,14). The number of aliphatic carboxylic acids is 1. The van der Waals surface area contributed by atoms with Crippen LogP contribution in [0.15, 0.2) is 0 Å². The smallest absolute Gasteiger partial charge is 0.305 e. The molecule has 1 aliphatic heterocycles. The number of carboxylic acid groups (broad SMARTS) is 1. The van der Waals surface area contributed by atoms with Gasteiger partial charge in [0.25, 0.3) is 0 Å². The van der Waals surface area contributed by atoms with E-state index in [1.165, 1.54) is 0 Å². The third-order valence-electron chi connectivity index (χ3n) is 2.23. The van der Waals surface area contributed by atoms with Crippen molar-refractivity contribution in [3.05, 3.63) is 0 Å². The number of piperidine rings is 1. The molecule has 0 spiro atoms. The SMILES string of the molecule is CC(CC(=O)O)N1C(=O)CCCC1=O. The number of carbonyl (C=O) groups excluding carboxylic acids is 2. The molecule has 5 nitrogen and oxygen atoms in total. The van der Waals surface area contributed by atoms with E-state index in [1.54, 1.807) is 6.92 Å². The summed E-state index contributed by atoms with van der Waals surface area (Å²) in [5.41, 5.74) is 0. The zero-order chi connectivity index (χ0) is 10.7. The van der Waals surface area contributed by atoms with Crippen LogP contribution >= 0.6 is 0 Å². The van der Waals surface area contributed by atoms with Crippen LogP contribution in [0, 0.1) is 0 Å². The Bertz CT molecular complexity index is 258. The molecule has 1 N–H and O–H groups in total. The van der Waals surface area contributed by atoms with E-state index < -0.39 is 12.0 Å². The van der Waals surface area contributed by atoms with E-state index in [-0.39, 0.29) is 18.2 Å². The molecule has 78 valence electrons. The lowest BCUT2D eigenvalue weighted by Gasteiger charge is -2.29. The number of imide groups is 1. The molecule has 1 atom stereocenters. The average Bonchev–Trinajstić information content (AvgIpc) is 2.01. The fourth-order valence-electron chi connectivity index (χ4n) is 1.61. The first kappa shape index (κ1) is 10.7. The maximum atomic E-state index is 11.3. The van der Waals surface area contributed by atoms with Crippen LogP contribution in [0.25, 0.3) is 0 Å². The number of likely N-dealkylation sites (tertiary alicyclic amines) is 1. The Labute approximate surface area is 81.7 Å². The van der Waals surface area contributed by atoms with Gasteiger partial charge in [0.1, 0.15) is 0 Å². The van der Waals surface area contributed by atoms with E-state index in [4.69, 9.17) is 5.11 Å². The molecule has 5 heteroatoms. The molecule has 1 unspecified atom stereocenters. The van der Waals surface area contributed by atoms with Gasteiger partial charge >= 0.3 is 5.97 Å². The summed E-state index contributed by atoms with van der Waals surface area (Å²) >= 11 is 0. The van der Waals surface area contributed by atoms with Crippen molar-refractivity contribution in [3.63, 3.8) is 0 Å². The number of carbonyl (C=O) groups is 3. The minimum absolute atomic E-state index is 0.183. The maximum Gasteiger partial charge on any atom is 0.305 e. The molecule has 1 aliphatic rings. The van der Waals surface area contributed by atoms with Crippen LogP contribution in [-0.4, -0.2) is 33.8 Å². The van der Waals surface area contributed by atoms with Crippen molar-refractivity contribution >= 4 is 17.8 Å². The first-order valence-corrected chi connectivity index (χ1v) is 4.59. The summed E-state index contributed by atoms with van der Waals surface area (Å²) in [6.07, 6.45) is 1.08. The van der Waals surface area contributed by atoms with Crippen LogP contribution in [0.4, 0.5) is 0 Å². The maximum absolute atomic E-state index is 11.3. The molecule has 2 amide bonds. The fraction of sp³-hybridized carbons (Fsp3) is 0.667. The summed E-state index contributed by atoms with van der Waals surface area (Å²) in [5.74, 6) is -1.51. The van der Waals surface area contributed by atoms with E-state index in [0.29, 0.717) is 19.3 Å². The van der Waals surface area contributed by atoms with Gasteiger partial charge in [0, 0.05) is 18.9 Å². The molecular formula is C9H13NO4. The summed E-state index contributed by atoms with van der Waals surface area (Å²) in [4.78, 5) is 34.2. The van der Waals surface area contributed by atoms with Gasteiger partial charge in [-0.15, -0.1) is 0 Å². The monoisotopic (exact) mass is 199 g/mol. The molecule has 0 radical (unpaired) electrons. The van der Waals surface area contributed by atoms with Gasteiger partial charge in [-0.05, 0) is 13.3 Å². The molecule has 1 rings (SSSR count). The van der Waals surface area contributed by atoms with Gasteiger partial charge in [-0.25, -0.2) is 0 Å². The lowest BCUT2D eigenvalue weighted by molar-refractivity contribution is -0.151. The number of hydrogen-bond donors (Lipinski definition) is 1. The van der Waals surface area contributed by atoms with E-state index in [0.717, 1.165) is 4.90 Å². The van der Waals surface area contributed by atoms with Crippen LogP contribution < -0.4 is 0 Å². The Hall–Kier alpha value is -1.39. The minimum atomic E-state index is -0.997. The summed E-state index contributed by atoms with van der Waals surface area (Å²) in [6, 6.07) is -0.534. The van der Waals surface area contributed by atoms with Gasteiger partial charge in [0.15, 0.2) is 0 Å². The van der Waals surface area contributed by atoms with Crippen molar-refractivity contribution < 1.29 is 19.5 Å². The van der Waals surface area contributed by atoms with Gasteiger partial charge in [-0.2, -0.15) is 0 Å². The van der Waals surface area contributed by atoms with Crippen molar-refractivity contribution in [2.24, 2.45) is 0 Å². The van der Waals surface area contributed by atoms with Gasteiger partial charge in [0.05, 0.1) is 6.42 Å². The van der Waals surface area contributed by atoms with Gasteiger partial charge < -0.3 is 5.11 Å². The highest BCUT2D eigenvalue weighted by Gasteiger charge is 2.30. The Kier molecular flexibility index (Phi) is 3.22. The Morgan fingerprint density at radius 3 is 2.36 bits per heavy atom. The molecule has 1 fully saturated rings. The normalized spacial score (nSPS) is 19.6.